The Labute approximate surface area is 169 Å². The number of hydrogen-bond acceptors (Lipinski definition) is 5. The molecule has 2 heterocycles. The van der Waals surface area contributed by atoms with E-state index >= 15 is 0 Å². The lowest BCUT2D eigenvalue weighted by Gasteiger charge is -2.31. The predicted octanol–water partition coefficient (Wildman–Crippen LogP) is 3.73. The molecule has 11 heteroatoms. The molecule has 1 amide bonds. The average Bonchev–Trinajstić information content (AvgIpc) is 2.65. The molecular weight excluding hydrogens is 418 g/mol. The van der Waals surface area contributed by atoms with E-state index in [0.29, 0.717) is 31.9 Å². The van der Waals surface area contributed by atoms with Crippen LogP contribution in [0.15, 0.2) is 24.3 Å². The van der Waals surface area contributed by atoms with E-state index in [-0.39, 0.29) is 34.5 Å². The molecule has 6 nitrogen and oxygen atoms in total. The summed E-state index contributed by atoms with van der Waals surface area (Å²) in [6.45, 7) is 0.815. The minimum absolute atomic E-state index is 0.0156. The van der Waals surface area contributed by atoms with Gasteiger partial charge in [-0.05, 0) is 47.7 Å². The molecule has 1 N–H and O–H groups in total. The van der Waals surface area contributed by atoms with Crippen LogP contribution in [-0.4, -0.2) is 33.9 Å². The van der Waals surface area contributed by atoms with Crippen molar-refractivity contribution < 1.29 is 18.0 Å². The summed E-state index contributed by atoms with van der Waals surface area (Å²) in [6.07, 6.45) is -3.44. The Morgan fingerprint density at radius 1 is 1.11 bits per heavy atom. The van der Waals surface area contributed by atoms with E-state index in [1.165, 1.54) is 18.2 Å². The van der Waals surface area contributed by atoms with Crippen molar-refractivity contribution in [3.05, 3.63) is 46.0 Å². The van der Waals surface area contributed by atoms with Crippen LogP contribution in [0.5, 0.6) is 0 Å². The lowest BCUT2D eigenvalue weighted by Crippen LogP contribution is -2.41. The number of anilines is 1. The summed E-state index contributed by atoms with van der Waals surface area (Å²) in [5.41, 5.74) is -0.705. The van der Waals surface area contributed by atoms with Crippen molar-refractivity contribution in [1.82, 2.24) is 20.3 Å². The van der Waals surface area contributed by atoms with Crippen molar-refractivity contribution in [1.29, 1.82) is 0 Å². The molecular formula is C17H16Cl2F3N5O. The molecule has 0 saturated carbocycles. The molecule has 0 spiro atoms. The van der Waals surface area contributed by atoms with Gasteiger partial charge in [-0.15, -0.1) is 0 Å². The zero-order chi connectivity index (χ0) is 20.3. The third-order valence-electron chi connectivity index (χ3n) is 4.49. The van der Waals surface area contributed by atoms with Gasteiger partial charge in [0.1, 0.15) is 0 Å². The molecule has 150 valence electrons. The standard InChI is InChI=1S/C17H16Cl2F3N5O/c18-14-24-15(19)26-16(25-14)27-7-5-10(6-8-27)13(28)23-9-11-3-1-2-4-12(11)17(20,21)22/h1-4,10H,5-9H2,(H,23,28). The van der Waals surface area contributed by atoms with Crippen LogP contribution in [0.25, 0.3) is 0 Å². The number of piperidine rings is 1. The largest absolute Gasteiger partial charge is 0.416 e. The van der Waals surface area contributed by atoms with Crippen molar-refractivity contribution in [2.24, 2.45) is 5.92 Å². The molecule has 2 aromatic rings. The smallest absolute Gasteiger partial charge is 0.352 e. The Morgan fingerprint density at radius 3 is 2.32 bits per heavy atom. The highest BCUT2D eigenvalue weighted by atomic mass is 35.5. The average molecular weight is 434 g/mol. The van der Waals surface area contributed by atoms with Crippen molar-refractivity contribution >= 4 is 35.1 Å². The lowest BCUT2D eigenvalue weighted by molar-refractivity contribution is -0.138. The number of aromatic nitrogens is 3. The summed E-state index contributed by atoms with van der Waals surface area (Å²) in [7, 11) is 0. The van der Waals surface area contributed by atoms with Crippen LogP contribution < -0.4 is 10.2 Å². The van der Waals surface area contributed by atoms with E-state index in [1.807, 2.05) is 4.90 Å². The molecule has 1 aliphatic heterocycles. The highest BCUT2D eigenvalue weighted by Gasteiger charge is 2.33. The van der Waals surface area contributed by atoms with Gasteiger partial charge in [0.2, 0.25) is 22.4 Å². The van der Waals surface area contributed by atoms with E-state index in [4.69, 9.17) is 23.2 Å². The normalized spacial score (nSPS) is 15.5. The van der Waals surface area contributed by atoms with Crippen molar-refractivity contribution in [2.75, 3.05) is 18.0 Å². The number of carbonyl (C=O) groups is 1. The number of amides is 1. The number of nitrogens with one attached hydrogen (secondary N) is 1. The maximum Gasteiger partial charge on any atom is 0.416 e. The van der Waals surface area contributed by atoms with Gasteiger partial charge in [0.25, 0.3) is 0 Å². The van der Waals surface area contributed by atoms with E-state index in [2.05, 4.69) is 20.3 Å². The molecule has 28 heavy (non-hydrogen) atoms. The Morgan fingerprint density at radius 2 is 1.71 bits per heavy atom. The van der Waals surface area contributed by atoms with Gasteiger partial charge in [0.05, 0.1) is 5.56 Å². The third kappa shape index (κ3) is 5.02. The lowest BCUT2D eigenvalue weighted by atomic mass is 9.96. The summed E-state index contributed by atoms with van der Waals surface area (Å²) in [6, 6.07) is 5.20. The van der Waals surface area contributed by atoms with Gasteiger partial charge in [-0.1, -0.05) is 18.2 Å². The Bertz CT molecular complexity index is 837. The zero-order valence-electron chi connectivity index (χ0n) is 14.5. The molecule has 1 aromatic carbocycles. The Balaban J connectivity index is 1.56. The number of hydrogen-bond donors (Lipinski definition) is 1. The number of benzene rings is 1. The predicted molar refractivity (Wildman–Crippen MR) is 98.1 cm³/mol. The summed E-state index contributed by atoms with van der Waals surface area (Å²) in [5.74, 6) is -0.242. The topological polar surface area (TPSA) is 71.0 Å². The number of nitrogens with zero attached hydrogens (tertiary/aromatic N) is 4. The van der Waals surface area contributed by atoms with Gasteiger partial charge in [0, 0.05) is 25.6 Å². The second-order valence-electron chi connectivity index (χ2n) is 6.31. The minimum Gasteiger partial charge on any atom is -0.352 e. The van der Waals surface area contributed by atoms with Crippen molar-refractivity contribution in [3.8, 4) is 0 Å². The Kier molecular flexibility index (Phi) is 6.24. The number of halogens is 5. The first kappa shape index (κ1) is 20.6. The van der Waals surface area contributed by atoms with Crippen LogP contribution in [0.3, 0.4) is 0 Å². The maximum atomic E-state index is 13.0. The van der Waals surface area contributed by atoms with Crippen LogP contribution in [-0.2, 0) is 17.5 Å². The van der Waals surface area contributed by atoms with Gasteiger partial charge in [-0.2, -0.15) is 28.1 Å². The molecule has 0 unspecified atom stereocenters. The highest BCUT2D eigenvalue weighted by molar-refractivity contribution is 6.31. The fourth-order valence-corrected chi connectivity index (χ4v) is 3.43. The fourth-order valence-electron chi connectivity index (χ4n) is 3.08. The number of rotatable bonds is 4. The van der Waals surface area contributed by atoms with Crippen molar-refractivity contribution in [2.45, 2.75) is 25.6 Å². The number of alkyl halides is 3. The minimum atomic E-state index is -4.46. The van der Waals surface area contributed by atoms with Gasteiger partial charge < -0.3 is 10.2 Å². The summed E-state index contributed by atoms with van der Waals surface area (Å²) < 4.78 is 39.1. The van der Waals surface area contributed by atoms with E-state index in [0.717, 1.165) is 6.07 Å². The van der Waals surface area contributed by atoms with Crippen LogP contribution in [0.2, 0.25) is 10.6 Å². The van der Waals surface area contributed by atoms with E-state index < -0.39 is 11.7 Å². The third-order valence-corrected chi connectivity index (χ3v) is 4.83. The number of carbonyl (C=O) groups excluding carboxylic acids is 1. The first-order chi connectivity index (χ1) is 13.2. The molecule has 1 aromatic heterocycles. The second-order valence-corrected chi connectivity index (χ2v) is 6.98. The highest BCUT2D eigenvalue weighted by Crippen LogP contribution is 2.32. The van der Waals surface area contributed by atoms with Crippen molar-refractivity contribution in [3.63, 3.8) is 0 Å². The SMILES string of the molecule is O=C(NCc1ccccc1C(F)(F)F)C1CCN(c2nc(Cl)nc(Cl)n2)CC1. The van der Waals surface area contributed by atoms with Crippen LogP contribution in [0, 0.1) is 5.92 Å². The molecule has 3 rings (SSSR count). The molecule has 0 bridgehead atoms. The summed E-state index contributed by atoms with van der Waals surface area (Å²) in [4.78, 5) is 25.9. The molecule has 0 atom stereocenters. The van der Waals surface area contributed by atoms with Crippen LogP contribution in [0.1, 0.15) is 24.0 Å². The van der Waals surface area contributed by atoms with Gasteiger partial charge in [-0.25, -0.2) is 0 Å². The summed E-state index contributed by atoms with van der Waals surface area (Å²) in [5, 5.41) is 2.58. The monoisotopic (exact) mass is 433 g/mol. The van der Waals surface area contributed by atoms with Gasteiger partial charge in [0.15, 0.2) is 0 Å². The van der Waals surface area contributed by atoms with Crippen LogP contribution >= 0.6 is 23.2 Å². The first-order valence-electron chi connectivity index (χ1n) is 8.49. The van der Waals surface area contributed by atoms with Gasteiger partial charge in [-0.3, -0.25) is 4.79 Å². The second kappa shape index (κ2) is 8.48. The molecule has 1 aliphatic rings. The van der Waals surface area contributed by atoms with E-state index in [9.17, 15) is 18.0 Å². The van der Waals surface area contributed by atoms with Crippen LogP contribution in [0.4, 0.5) is 19.1 Å². The zero-order valence-corrected chi connectivity index (χ0v) is 16.0. The molecule has 0 aliphatic carbocycles. The Hall–Kier alpha value is -2.13. The molecule has 1 saturated heterocycles. The quantitative estimate of drug-likeness (QED) is 0.795. The van der Waals surface area contributed by atoms with Gasteiger partial charge >= 0.3 is 6.18 Å². The summed E-state index contributed by atoms with van der Waals surface area (Å²) >= 11 is 11.6. The fraction of sp³-hybridized carbons (Fsp3) is 0.412. The molecule has 0 radical (unpaired) electrons. The molecule has 1 fully saturated rings. The maximum absolute atomic E-state index is 13.0. The van der Waals surface area contributed by atoms with E-state index in [1.54, 1.807) is 0 Å². The first-order valence-corrected chi connectivity index (χ1v) is 9.24.